The summed E-state index contributed by atoms with van der Waals surface area (Å²) in [6.45, 7) is 4.86. The highest BCUT2D eigenvalue weighted by Gasteiger charge is 2.12. The molecule has 0 unspecified atom stereocenters. The number of carbonyl (C=O) groups excluding carboxylic acids is 1. The zero-order valence-corrected chi connectivity index (χ0v) is 8.50. The van der Waals surface area contributed by atoms with E-state index >= 15 is 0 Å². The van der Waals surface area contributed by atoms with Crippen molar-refractivity contribution in [1.29, 1.82) is 0 Å². The molecule has 0 radical (unpaired) electrons. The summed E-state index contributed by atoms with van der Waals surface area (Å²) in [4.78, 5) is 21.2. The molecule has 2 amide bonds. The number of carbonyl (C=O) groups is 1. The summed E-state index contributed by atoms with van der Waals surface area (Å²) < 4.78 is 0. The highest BCUT2D eigenvalue weighted by atomic mass is 17.0. The molecule has 0 aromatic rings. The third-order valence-electron chi connectivity index (χ3n) is 1.21. The summed E-state index contributed by atoms with van der Waals surface area (Å²) in [6, 6.07) is -0.387. The van der Waals surface area contributed by atoms with Crippen LogP contribution in [0.15, 0.2) is 0 Å². The number of urea groups is 1. The van der Waals surface area contributed by atoms with Gasteiger partial charge in [-0.05, 0) is 12.8 Å². The van der Waals surface area contributed by atoms with Crippen molar-refractivity contribution in [3.8, 4) is 0 Å². The Kier molecular flexibility index (Phi) is 7.33. The van der Waals surface area contributed by atoms with Gasteiger partial charge in [0.2, 0.25) is 0 Å². The van der Waals surface area contributed by atoms with Crippen LogP contribution in [0.4, 0.5) is 4.79 Å². The summed E-state index contributed by atoms with van der Waals surface area (Å²) in [5.74, 6) is 0. The molecule has 0 aromatic heterocycles. The number of amides is 2. The zero-order chi connectivity index (χ0) is 10.1. The van der Waals surface area contributed by atoms with E-state index in [1.165, 1.54) is 7.05 Å². The van der Waals surface area contributed by atoms with Crippen LogP contribution in [0.3, 0.4) is 0 Å². The van der Waals surface area contributed by atoms with Crippen LogP contribution in [0.1, 0.15) is 26.7 Å². The van der Waals surface area contributed by atoms with E-state index < -0.39 is 0 Å². The first kappa shape index (κ1) is 12.2. The molecule has 5 nitrogen and oxygen atoms in total. The average molecular weight is 190 g/mol. The quantitative estimate of drug-likeness (QED) is 0.642. The Morgan fingerprint density at radius 1 is 1.23 bits per heavy atom. The predicted molar refractivity (Wildman–Crippen MR) is 48.8 cm³/mol. The summed E-state index contributed by atoms with van der Waals surface area (Å²) in [6.07, 6.45) is 1.67. The van der Waals surface area contributed by atoms with E-state index in [2.05, 4.69) is 5.32 Å². The highest BCUT2D eigenvalue weighted by Crippen LogP contribution is 1.96. The smallest absolute Gasteiger partial charge is 0.337 e. The Morgan fingerprint density at radius 3 is 2.00 bits per heavy atom. The minimum atomic E-state index is -0.387. The number of hydrogen-bond acceptors (Lipinski definition) is 3. The Labute approximate surface area is 78.9 Å². The van der Waals surface area contributed by atoms with Gasteiger partial charge in [-0.25, -0.2) is 14.5 Å². The predicted octanol–water partition coefficient (Wildman–Crippen LogP) is 1.31. The fraction of sp³-hybridized carbons (Fsp3) is 0.875. The minimum absolute atomic E-state index is 0.387. The van der Waals surface area contributed by atoms with Crippen LogP contribution in [0.2, 0.25) is 0 Å². The summed E-state index contributed by atoms with van der Waals surface area (Å²) in [7, 11) is 1.53. The lowest BCUT2D eigenvalue weighted by molar-refractivity contribution is -0.326. The fourth-order valence-corrected chi connectivity index (χ4v) is 0.594. The van der Waals surface area contributed by atoms with Crippen molar-refractivity contribution in [3.05, 3.63) is 0 Å². The molecule has 0 spiro atoms. The highest BCUT2D eigenvalue weighted by molar-refractivity contribution is 5.71. The third kappa shape index (κ3) is 5.43. The molecule has 0 saturated heterocycles. The molecular weight excluding hydrogens is 172 g/mol. The van der Waals surface area contributed by atoms with Crippen molar-refractivity contribution in [2.24, 2.45) is 0 Å². The zero-order valence-electron chi connectivity index (χ0n) is 8.50. The lowest BCUT2D eigenvalue weighted by Crippen LogP contribution is -2.38. The molecule has 0 saturated carbocycles. The average Bonchev–Trinajstić information content (AvgIpc) is 2.17. The second kappa shape index (κ2) is 7.82. The molecule has 0 aliphatic rings. The fourth-order valence-electron chi connectivity index (χ4n) is 0.594. The molecule has 78 valence electrons. The SMILES string of the molecule is CCCON(OCCC)C(=O)NC. The van der Waals surface area contributed by atoms with Gasteiger partial charge in [-0.3, -0.25) is 0 Å². The van der Waals surface area contributed by atoms with Gasteiger partial charge < -0.3 is 5.32 Å². The standard InChI is InChI=1S/C8H18N2O3/c1-4-6-12-10(8(11)9-3)13-7-5-2/h4-7H2,1-3H3,(H,9,11). The van der Waals surface area contributed by atoms with Crippen molar-refractivity contribution >= 4 is 6.03 Å². The van der Waals surface area contributed by atoms with Gasteiger partial charge in [-0.1, -0.05) is 19.1 Å². The van der Waals surface area contributed by atoms with E-state index in [1.807, 2.05) is 13.8 Å². The van der Waals surface area contributed by atoms with E-state index in [9.17, 15) is 4.79 Å². The third-order valence-corrected chi connectivity index (χ3v) is 1.21. The van der Waals surface area contributed by atoms with E-state index in [4.69, 9.17) is 9.68 Å². The first-order valence-electron chi connectivity index (χ1n) is 4.53. The van der Waals surface area contributed by atoms with E-state index in [0.717, 1.165) is 18.1 Å². The van der Waals surface area contributed by atoms with Gasteiger partial charge in [0.1, 0.15) is 0 Å². The molecule has 0 aliphatic heterocycles. The van der Waals surface area contributed by atoms with Gasteiger partial charge in [0.25, 0.3) is 0 Å². The summed E-state index contributed by atoms with van der Waals surface area (Å²) in [5, 5.41) is 3.32. The van der Waals surface area contributed by atoms with Crippen LogP contribution in [0.25, 0.3) is 0 Å². The van der Waals surface area contributed by atoms with Gasteiger partial charge in [0.15, 0.2) is 0 Å². The largest absolute Gasteiger partial charge is 0.366 e. The Balaban J connectivity index is 3.79. The number of hydrogen-bond donors (Lipinski definition) is 1. The molecule has 1 N–H and O–H groups in total. The van der Waals surface area contributed by atoms with Crippen LogP contribution in [0.5, 0.6) is 0 Å². The molecule has 0 rings (SSSR count). The van der Waals surface area contributed by atoms with Crippen molar-refractivity contribution < 1.29 is 14.5 Å². The Bertz CT molecular complexity index is 133. The van der Waals surface area contributed by atoms with Crippen LogP contribution in [0, 0.1) is 0 Å². The second-order valence-corrected chi connectivity index (χ2v) is 2.48. The minimum Gasteiger partial charge on any atom is -0.337 e. The Morgan fingerprint density at radius 2 is 1.69 bits per heavy atom. The topological polar surface area (TPSA) is 50.8 Å². The first-order valence-corrected chi connectivity index (χ1v) is 4.53. The molecule has 13 heavy (non-hydrogen) atoms. The van der Waals surface area contributed by atoms with E-state index in [1.54, 1.807) is 0 Å². The van der Waals surface area contributed by atoms with Gasteiger partial charge in [0, 0.05) is 7.05 Å². The van der Waals surface area contributed by atoms with Crippen molar-refractivity contribution in [2.45, 2.75) is 26.7 Å². The van der Waals surface area contributed by atoms with Crippen LogP contribution >= 0.6 is 0 Å². The summed E-state index contributed by atoms with van der Waals surface area (Å²) in [5.41, 5.74) is 0. The molecular formula is C8H18N2O3. The van der Waals surface area contributed by atoms with Crippen molar-refractivity contribution in [2.75, 3.05) is 20.3 Å². The van der Waals surface area contributed by atoms with Gasteiger partial charge >= 0.3 is 6.03 Å². The molecule has 0 heterocycles. The number of rotatable bonds is 6. The molecule has 0 fully saturated rings. The second-order valence-electron chi connectivity index (χ2n) is 2.48. The van der Waals surface area contributed by atoms with Gasteiger partial charge in [-0.15, -0.1) is 0 Å². The van der Waals surface area contributed by atoms with Crippen LogP contribution in [-0.2, 0) is 9.68 Å². The maximum atomic E-state index is 11.1. The van der Waals surface area contributed by atoms with Crippen molar-refractivity contribution in [1.82, 2.24) is 10.5 Å². The first-order chi connectivity index (χ1) is 6.26. The summed E-state index contributed by atoms with van der Waals surface area (Å²) >= 11 is 0. The van der Waals surface area contributed by atoms with Crippen LogP contribution in [-0.4, -0.2) is 31.5 Å². The molecule has 0 aliphatic carbocycles. The molecule has 0 aromatic carbocycles. The monoisotopic (exact) mass is 190 g/mol. The lowest BCUT2D eigenvalue weighted by Gasteiger charge is -2.19. The normalized spacial score (nSPS) is 9.77. The van der Waals surface area contributed by atoms with E-state index in [-0.39, 0.29) is 6.03 Å². The van der Waals surface area contributed by atoms with Crippen molar-refractivity contribution in [3.63, 3.8) is 0 Å². The molecule has 0 bridgehead atoms. The van der Waals surface area contributed by atoms with Gasteiger partial charge in [0.05, 0.1) is 13.2 Å². The Hall–Kier alpha value is -0.810. The molecule has 0 atom stereocenters. The van der Waals surface area contributed by atoms with Gasteiger partial charge in [-0.2, -0.15) is 0 Å². The maximum Gasteiger partial charge on any atom is 0.366 e. The lowest BCUT2D eigenvalue weighted by atomic mass is 10.5. The van der Waals surface area contributed by atoms with Crippen LogP contribution < -0.4 is 5.32 Å². The number of hydroxylamine groups is 2. The van der Waals surface area contributed by atoms with E-state index in [0.29, 0.717) is 13.2 Å². The number of nitrogens with zero attached hydrogens (tertiary/aromatic N) is 1. The molecule has 5 heteroatoms. The maximum absolute atomic E-state index is 11.1. The number of nitrogens with one attached hydrogen (secondary N) is 1.